The molecule has 178 valence electrons. The summed E-state index contributed by atoms with van der Waals surface area (Å²) in [7, 11) is 1.55. The van der Waals surface area contributed by atoms with Crippen molar-refractivity contribution in [3.8, 4) is 11.8 Å². The zero-order valence-corrected chi connectivity index (χ0v) is 19.9. The second-order valence-corrected chi connectivity index (χ2v) is 7.65. The molecule has 0 aliphatic rings. The SMILES string of the molecule is CCOC(=O)c1c(C)[nH]c(C)c1C(=O)C(C#N)=Cc1cccc(NC(=O)c2ccc(OC)cc2)c1. The number of ketones is 1. The molecule has 0 unspecified atom stereocenters. The number of H-pyrrole nitrogens is 1. The number of aromatic nitrogens is 1. The van der Waals surface area contributed by atoms with Crippen LogP contribution in [0.1, 0.15) is 54.9 Å². The van der Waals surface area contributed by atoms with E-state index in [0.717, 1.165) is 0 Å². The van der Waals surface area contributed by atoms with E-state index in [0.29, 0.717) is 34.0 Å². The van der Waals surface area contributed by atoms with Crippen LogP contribution in [-0.4, -0.2) is 36.4 Å². The fourth-order valence-corrected chi connectivity index (χ4v) is 3.63. The van der Waals surface area contributed by atoms with Gasteiger partial charge < -0.3 is 19.8 Å². The Balaban J connectivity index is 1.88. The second-order valence-electron chi connectivity index (χ2n) is 7.65. The average molecular weight is 472 g/mol. The van der Waals surface area contributed by atoms with Crippen molar-refractivity contribution in [1.29, 1.82) is 5.26 Å². The number of carbonyl (C=O) groups excluding carboxylic acids is 3. The Morgan fingerprint density at radius 1 is 1.06 bits per heavy atom. The van der Waals surface area contributed by atoms with Gasteiger partial charge in [-0.25, -0.2) is 4.79 Å². The second kappa shape index (κ2) is 11.0. The minimum atomic E-state index is -0.627. The molecule has 0 aliphatic heterocycles. The first-order chi connectivity index (χ1) is 16.8. The highest BCUT2D eigenvalue weighted by atomic mass is 16.5. The molecule has 0 saturated carbocycles. The topological polar surface area (TPSA) is 121 Å². The number of nitrogens with one attached hydrogen (secondary N) is 2. The number of methoxy groups -OCH3 is 1. The maximum Gasteiger partial charge on any atom is 0.340 e. The van der Waals surface area contributed by atoms with E-state index in [1.165, 1.54) is 6.08 Å². The van der Waals surface area contributed by atoms with E-state index in [1.807, 2.05) is 6.07 Å². The Bertz CT molecular complexity index is 1340. The quantitative estimate of drug-likeness (QED) is 0.209. The molecular formula is C27H25N3O5. The van der Waals surface area contributed by atoms with Gasteiger partial charge in [0.15, 0.2) is 0 Å². The number of aromatic amines is 1. The van der Waals surface area contributed by atoms with Crippen molar-refractivity contribution in [3.63, 3.8) is 0 Å². The lowest BCUT2D eigenvalue weighted by Gasteiger charge is -2.08. The molecule has 2 N–H and O–H groups in total. The van der Waals surface area contributed by atoms with Crippen LogP contribution in [0.5, 0.6) is 5.75 Å². The van der Waals surface area contributed by atoms with Crippen LogP contribution < -0.4 is 10.1 Å². The van der Waals surface area contributed by atoms with E-state index in [2.05, 4.69) is 10.3 Å². The smallest absolute Gasteiger partial charge is 0.340 e. The molecule has 0 spiro atoms. The lowest BCUT2D eigenvalue weighted by atomic mass is 9.98. The summed E-state index contributed by atoms with van der Waals surface area (Å²) in [5.74, 6) is -0.896. The van der Waals surface area contributed by atoms with E-state index >= 15 is 0 Å². The zero-order valence-electron chi connectivity index (χ0n) is 19.9. The lowest BCUT2D eigenvalue weighted by Crippen LogP contribution is -2.13. The molecule has 0 fully saturated rings. The molecule has 8 nitrogen and oxygen atoms in total. The largest absolute Gasteiger partial charge is 0.497 e. The number of nitrogens with zero attached hydrogens (tertiary/aromatic N) is 1. The van der Waals surface area contributed by atoms with E-state index in [1.54, 1.807) is 76.4 Å². The lowest BCUT2D eigenvalue weighted by molar-refractivity contribution is 0.0523. The first kappa shape index (κ1) is 25.0. The molecule has 2 aromatic carbocycles. The number of esters is 1. The molecule has 0 atom stereocenters. The highest BCUT2D eigenvalue weighted by Crippen LogP contribution is 2.24. The van der Waals surface area contributed by atoms with Crippen LogP contribution in [0.2, 0.25) is 0 Å². The van der Waals surface area contributed by atoms with Crippen molar-refractivity contribution in [1.82, 2.24) is 4.98 Å². The summed E-state index contributed by atoms with van der Waals surface area (Å²) >= 11 is 0. The molecular weight excluding hydrogens is 446 g/mol. The Morgan fingerprint density at radius 2 is 1.74 bits per heavy atom. The Labute approximate surface area is 203 Å². The summed E-state index contributed by atoms with van der Waals surface area (Å²) in [6, 6.07) is 15.3. The Kier molecular flexibility index (Phi) is 7.85. The first-order valence-corrected chi connectivity index (χ1v) is 10.9. The van der Waals surface area contributed by atoms with Crippen LogP contribution in [0.3, 0.4) is 0 Å². The predicted octanol–water partition coefficient (Wildman–Crippen LogP) is 4.86. The third kappa shape index (κ3) is 5.65. The Hall–Kier alpha value is -4.64. The monoisotopic (exact) mass is 471 g/mol. The van der Waals surface area contributed by atoms with E-state index in [4.69, 9.17) is 9.47 Å². The van der Waals surface area contributed by atoms with E-state index in [-0.39, 0.29) is 29.2 Å². The minimum Gasteiger partial charge on any atom is -0.497 e. The summed E-state index contributed by atoms with van der Waals surface area (Å²) in [5, 5.41) is 12.5. The maximum atomic E-state index is 13.2. The van der Waals surface area contributed by atoms with Crippen LogP contribution in [0, 0.1) is 25.2 Å². The van der Waals surface area contributed by atoms with Gasteiger partial charge >= 0.3 is 5.97 Å². The van der Waals surface area contributed by atoms with Gasteiger partial charge in [-0.15, -0.1) is 0 Å². The van der Waals surface area contributed by atoms with Crippen molar-refractivity contribution in [2.45, 2.75) is 20.8 Å². The molecule has 8 heteroatoms. The van der Waals surface area contributed by atoms with Gasteiger partial charge in [0.1, 0.15) is 17.4 Å². The van der Waals surface area contributed by atoms with E-state index < -0.39 is 11.8 Å². The minimum absolute atomic E-state index is 0.109. The number of hydrogen-bond donors (Lipinski definition) is 2. The number of hydrogen-bond acceptors (Lipinski definition) is 6. The van der Waals surface area contributed by atoms with Gasteiger partial charge in [-0.1, -0.05) is 12.1 Å². The van der Waals surface area contributed by atoms with Crippen LogP contribution in [0.25, 0.3) is 6.08 Å². The van der Waals surface area contributed by atoms with Crippen LogP contribution in [0.4, 0.5) is 5.69 Å². The van der Waals surface area contributed by atoms with Crippen LogP contribution in [-0.2, 0) is 4.74 Å². The van der Waals surface area contributed by atoms with Crippen LogP contribution in [0.15, 0.2) is 54.1 Å². The summed E-state index contributed by atoms with van der Waals surface area (Å²) < 4.78 is 10.2. The van der Waals surface area contributed by atoms with Gasteiger partial charge in [-0.05, 0) is 68.8 Å². The van der Waals surface area contributed by atoms with Crippen molar-refractivity contribution < 1.29 is 23.9 Å². The number of rotatable bonds is 8. The number of anilines is 1. The number of nitriles is 1. The number of allylic oxidation sites excluding steroid dienone is 1. The summed E-state index contributed by atoms with van der Waals surface area (Å²) in [6.45, 7) is 5.16. The third-order valence-electron chi connectivity index (χ3n) is 5.25. The van der Waals surface area contributed by atoms with Gasteiger partial charge in [0.25, 0.3) is 5.91 Å². The standard InChI is InChI=1S/C27H25N3O5/c1-5-35-27(33)24-17(3)29-16(2)23(24)25(31)20(15-28)13-18-7-6-8-21(14-18)30-26(32)19-9-11-22(34-4)12-10-19/h6-14,29H,5H2,1-4H3,(H,30,32). The number of carbonyl (C=O) groups is 3. The zero-order chi connectivity index (χ0) is 25.5. The molecule has 1 aromatic heterocycles. The van der Waals surface area contributed by atoms with Crippen molar-refractivity contribution in [3.05, 3.63) is 87.7 Å². The fraction of sp³-hybridized carbons (Fsp3) is 0.185. The number of benzene rings is 2. The van der Waals surface area contributed by atoms with E-state index in [9.17, 15) is 19.6 Å². The fourth-order valence-electron chi connectivity index (χ4n) is 3.63. The number of aryl methyl sites for hydroxylation is 2. The number of ether oxygens (including phenoxy) is 2. The normalized spacial score (nSPS) is 10.9. The van der Waals surface area contributed by atoms with Gasteiger partial charge in [-0.3, -0.25) is 9.59 Å². The average Bonchev–Trinajstić information content (AvgIpc) is 3.16. The molecule has 0 radical (unpaired) electrons. The molecule has 0 bridgehead atoms. The van der Waals surface area contributed by atoms with Crippen molar-refractivity contribution in [2.24, 2.45) is 0 Å². The van der Waals surface area contributed by atoms with Gasteiger partial charge in [0.05, 0.1) is 24.8 Å². The molecule has 0 aliphatic carbocycles. The van der Waals surface area contributed by atoms with Gasteiger partial charge in [0, 0.05) is 22.6 Å². The number of Topliss-reactive ketones (excluding diaryl/α,β-unsaturated/α-hetero) is 1. The summed E-state index contributed by atoms with van der Waals surface area (Å²) in [4.78, 5) is 41.2. The van der Waals surface area contributed by atoms with Gasteiger partial charge in [-0.2, -0.15) is 5.26 Å². The third-order valence-corrected chi connectivity index (χ3v) is 5.25. The first-order valence-electron chi connectivity index (χ1n) is 10.9. The molecule has 3 rings (SSSR count). The highest BCUT2D eigenvalue weighted by molar-refractivity contribution is 6.19. The molecule has 35 heavy (non-hydrogen) atoms. The molecule has 1 heterocycles. The Morgan fingerprint density at radius 3 is 2.37 bits per heavy atom. The molecule has 1 amide bonds. The maximum absolute atomic E-state index is 13.2. The summed E-state index contributed by atoms with van der Waals surface area (Å²) in [6.07, 6.45) is 1.42. The highest BCUT2D eigenvalue weighted by Gasteiger charge is 2.27. The van der Waals surface area contributed by atoms with Gasteiger partial charge in [0.2, 0.25) is 5.78 Å². The van der Waals surface area contributed by atoms with Crippen LogP contribution >= 0.6 is 0 Å². The molecule has 0 saturated heterocycles. The van der Waals surface area contributed by atoms with Crippen molar-refractivity contribution >= 4 is 29.4 Å². The van der Waals surface area contributed by atoms with Crippen molar-refractivity contribution in [2.75, 3.05) is 19.0 Å². The number of amides is 1. The summed E-state index contributed by atoms with van der Waals surface area (Å²) in [5.41, 5.74) is 2.51. The predicted molar refractivity (Wildman–Crippen MR) is 132 cm³/mol. The molecule has 3 aromatic rings.